The molecule has 0 amide bonds. The summed E-state index contributed by atoms with van der Waals surface area (Å²) in [6.45, 7) is 0.582. The Morgan fingerprint density at radius 3 is 2.79 bits per heavy atom. The lowest BCUT2D eigenvalue weighted by Crippen LogP contribution is -2.36. The lowest BCUT2D eigenvalue weighted by atomic mass is 9.81. The molecule has 0 aromatic heterocycles. The van der Waals surface area contributed by atoms with E-state index in [9.17, 15) is 12.8 Å². The number of halogens is 2. The third kappa shape index (κ3) is 3.55. The first-order chi connectivity index (χ1) is 8.86. The van der Waals surface area contributed by atoms with Gasteiger partial charge in [0.25, 0.3) is 0 Å². The van der Waals surface area contributed by atoms with E-state index < -0.39 is 15.3 Å². The molecule has 0 aliphatic carbocycles. The van der Waals surface area contributed by atoms with Crippen LogP contribution in [0.3, 0.4) is 0 Å². The second-order valence-corrected chi connectivity index (χ2v) is 8.38. The van der Waals surface area contributed by atoms with E-state index in [0.29, 0.717) is 24.9 Å². The van der Waals surface area contributed by atoms with Gasteiger partial charge in [-0.3, -0.25) is 0 Å². The van der Waals surface area contributed by atoms with Gasteiger partial charge >= 0.3 is 0 Å². The Morgan fingerprint density at radius 1 is 1.47 bits per heavy atom. The normalized spacial score (nSPS) is 25.6. The molecule has 6 heteroatoms. The summed E-state index contributed by atoms with van der Waals surface area (Å²) in [6, 6.07) is 4.79. The highest BCUT2D eigenvalue weighted by Gasteiger charge is 2.42. The Labute approximate surface area is 121 Å². The smallest absolute Gasteiger partial charge is 0.150 e. The molecule has 1 atom stereocenters. The van der Waals surface area contributed by atoms with Gasteiger partial charge in [0.15, 0.2) is 9.84 Å². The Balaban J connectivity index is 2.29. The fraction of sp³-hybridized carbons (Fsp3) is 0.538. The molecule has 1 N–H and O–H groups in total. The van der Waals surface area contributed by atoms with Crippen LogP contribution in [0.2, 0.25) is 0 Å². The van der Waals surface area contributed by atoms with Gasteiger partial charge in [-0.05, 0) is 43.7 Å². The fourth-order valence-electron chi connectivity index (χ4n) is 2.78. The first kappa shape index (κ1) is 14.9. The maximum Gasteiger partial charge on any atom is 0.150 e. The summed E-state index contributed by atoms with van der Waals surface area (Å²) in [7, 11) is -1.20. The predicted octanol–water partition coefficient (Wildman–Crippen LogP) is 2.16. The zero-order valence-electron chi connectivity index (χ0n) is 10.7. The number of sulfone groups is 1. The van der Waals surface area contributed by atoms with E-state index in [1.54, 1.807) is 19.2 Å². The molecule has 3 nitrogen and oxygen atoms in total. The number of benzene rings is 1. The van der Waals surface area contributed by atoms with Crippen LogP contribution < -0.4 is 5.32 Å². The summed E-state index contributed by atoms with van der Waals surface area (Å²) in [5.41, 5.74) is 0.177. The second-order valence-electron chi connectivity index (χ2n) is 5.28. The topological polar surface area (TPSA) is 46.2 Å². The number of hydrogen-bond acceptors (Lipinski definition) is 3. The van der Waals surface area contributed by atoms with Crippen molar-refractivity contribution in [3.8, 4) is 0 Å². The minimum absolute atomic E-state index is 0.132. The Morgan fingerprint density at radius 2 is 2.21 bits per heavy atom. The first-order valence-corrected chi connectivity index (χ1v) is 8.76. The molecule has 1 saturated heterocycles. The molecule has 1 unspecified atom stereocenters. The molecule has 0 radical (unpaired) electrons. The molecule has 1 aliphatic rings. The van der Waals surface area contributed by atoms with Crippen LogP contribution in [0.15, 0.2) is 22.7 Å². The maximum atomic E-state index is 13.8. The summed E-state index contributed by atoms with van der Waals surface area (Å²) in [4.78, 5) is 0. The monoisotopic (exact) mass is 349 g/mol. The largest absolute Gasteiger partial charge is 0.319 e. The van der Waals surface area contributed by atoms with Gasteiger partial charge in [0, 0.05) is 16.4 Å². The van der Waals surface area contributed by atoms with Gasteiger partial charge in [0.1, 0.15) is 5.82 Å². The number of rotatable bonds is 4. The molecule has 1 aliphatic heterocycles. The van der Waals surface area contributed by atoms with E-state index in [-0.39, 0.29) is 17.3 Å². The number of hydrogen-bond donors (Lipinski definition) is 1. The molecule has 0 bridgehead atoms. The molecule has 0 spiro atoms. The Kier molecular flexibility index (Phi) is 4.32. The summed E-state index contributed by atoms with van der Waals surface area (Å²) in [5, 5.41) is 3.04. The zero-order chi connectivity index (χ0) is 14.1. The van der Waals surface area contributed by atoms with Crippen LogP contribution in [0.25, 0.3) is 0 Å². The molecular formula is C13H17BrFNO2S. The number of nitrogens with one attached hydrogen (secondary N) is 1. The Bertz CT molecular complexity index is 576. The van der Waals surface area contributed by atoms with E-state index >= 15 is 0 Å². The predicted molar refractivity (Wildman–Crippen MR) is 77.4 cm³/mol. The van der Waals surface area contributed by atoms with Gasteiger partial charge in [0.2, 0.25) is 0 Å². The SMILES string of the molecule is CNCC1(Cc2cc(Br)ccc2F)CCS(=O)(=O)C1. The highest BCUT2D eigenvalue weighted by atomic mass is 79.9. The zero-order valence-corrected chi connectivity index (χ0v) is 13.2. The van der Waals surface area contributed by atoms with E-state index in [1.807, 2.05) is 0 Å². The lowest BCUT2D eigenvalue weighted by molar-refractivity contribution is 0.316. The van der Waals surface area contributed by atoms with Gasteiger partial charge < -0.3 is 5.32 Å². The molecular weight excluding hydrogens is 333 g/mol. The van der Waals surface area contributed by atoms with E-state index in [4.69, 9.17) is 0 Å². The van der Waals surface area contributed by atoms with Crippen LogP contribution in [0.4, 0.5) is 4.39 Å². The third-order valence-electron chi connectivity index (χ3n) is 3.59. The van der Waals surface area contributed by atoms with Crippen LogP contribution in [0, 0.1) is 11.2 Å². The molecule has 2 rings (SSSR count). The van der Waals surface area contributed by atoms with Crippen molar-refractivity contribution in [3.05, 3.63) is 34.1 Å². The summed E-state index contributed by atoms with van der Waals surface area (Å²) < 4.78 is 38.1. The van der Waals surface area contributed by atoms with Gasteiger partial charge in [-0.2, -0.15) is 0 Å². The highest BCUT2D eigenvalue weighted by Crippen LogP contribution is 2.36. The van der Waals surface area contributed by atoms with Crippen molar-refractivity contribution >= 4 is 25.8 Å². The average Bonchev–Trinajstić information content (AvgIpc) is 2.60. The van der Waals surface area contributed by atoms with Gasteiger partial charge in [-0.15, -0.1) is 0 Å². The molecule has 1 heterocycles. The van der Waals surface area contributed by atoms with Crippen molar-refractivity contribution in [2.45, 2.75) is 12.8 Å². The van der Waals surface area contributed by atoms with Crippen LogP contribution >= 0.6 is 15.9 Å². The van der Waals surface area contributed by atoms with E-state index in [2.05, 4.69) is 21.2 Å². The lowest BCUT2D eigenvalue weighted by Gasteiger charge is -2.27. The quantitative estimate of drug-likeness (QED) is 0.905. The first-order valence-electron chi connectivity index (χ1n) is 6.15. The van der Waals surface area contributed by atoms with Crippen molar-refractivity contribution in [2.75, 3.05) is 25.1 Å². The third-order valence-corrected chi connectivity index (χ3v) is 5.97. The van der Waals surface area contributed by atoms with Crippen LogP contribution in [0.1, 0.15) is 12.0 Å². The van der Waals surface area contributed by atoms with Crippen molar-refractivity contribution < 1.29 is 12.8 Å². The van der Waals surface area contributed by atoms with Crippen LogP contribution in [-0.4, -0.2) is 33.5 Å². The van der Waals surface area contributed by atoms with Crippen molar-refractivity contribution in [1.29, 1.82) is 0 Å². The Hall–Kier alpha value is -0.460. The van der Waals surface area contributed by atoms with Crippen LogP contribution in [-0.2, 0) is 16.3 Å². The molecule has 1 aromatic carbocycles. The minimum Gasteiger partial charge on any atom is -0.319 e. The fourth-order valence-corrected chi connectivity index (χ4v) is 5.36. The van der Waals surface area contributed by atoms with Gasteiger partial charge in [-0.1, -0.05) is 15.9 Å². The van der Waals surface area contributed by atoms with Gasteiger partial charge in [0.05, 0.1) is 11.5 Å². The van der Waals surface area contributed by atoms with Gasteiger partial charge in [-0.25, -0.2) is 12.8 Å². The van der Waals surface area contributed by atoms with Crippen molar-refractivity contribution in [2.24, 2.45) is 5.41 Å². The molecule has 1 fully saturated rings. The van der Waals surface area contributed by atoms with E-state index in [1.165, 1.54) is 6.07 Å². The highest BCUT2D eigenvalue weighted by molar-refractivity contribution is 9.10. The van der Waals surface area contributed by atoms with Crippen molar-refractivity contribution in [3.63, 3.8) is 0 Å². The molecule has 0 saturated carbocycles. The van der Waals surface area contributed by atoms with Crippen molar-refractivity contribution in [1.82, 2.24) is 5.32 Å². The standard InChI is InChI=1S/C13H17BrFNO2S/c1-16-8-13(4-5-19(17,18)9-13)7-10-6-11(14)2-3-12(10)15/h2-3,6,16H,4-5,7-9H2,1H3. The summed E-state index contributed by atoms with van der Waals surface area (Å²) in [5.74, 6) is 0.0554. The molecule has 1 aromatic rings. The molecule has 106 valence electrons. The second kappa shape index (κ2) is 5.50. The average molecular weight is 350 g/mol. The van der Waals surface area contributed by atoms with E-state index in [0.717, 1.165) is 4.47 Å². The molecule has 19 heavy (non-hydrogen) atoms. The summed E-state index contributed by atoms with van der Waals surface area (Å²) in [6.07, 6.45) is 1.03. The van der Waals surface area contributed by atoms with Crippen LogP contribution in [0.5, 0.6) is 0 Å². The summed E-state index contributed by atoms with van der Waals surface area (Å²) >= 11 is 3.32. The maximum absolute atomic E-state index is 13.8. The minimum atomic E-state index is -2.99.